The van der Waals surface area contributed by atoms with Crippen LogP contribution in [0.2, 0.25) is 0 Å². The number of likely N-dealkylation sites (N-methyl/N-ethyl adjacent to an activating group) is 1. The van der Waals surface area contributed by atoms with Crippen LogP contribution in [0.4, 0.5) is 0 Å². The minimum absolute atomic E-state index is 0.149. The van der Waals surface area contributed by atoms with Gasteiger partial charge in [0.1, 0.15) is 5.75 Å². The maximum absolute atomic E-state index is 12.4. The second-order valence-electron chi connectivity index (χ2n) is 5.48. The monoisotopic (exact) mass is 343 g/mol. The van der Waals surface area contributed by atoms with Crippen LogP contribution in [0, 0.1) is 0 Å². The van der Waals surface area contributed by atoms with E-state index in [-0.39, 0.29) is 5.91 Å². The van der Waals surface area contributed by atoms with Crippen LogP contribution in [0.15, 0.2) is 35.8 Å². The molecule has 6 heteroatoms. The number of benzene rings is 1. The predicted octanol–water partition coefficient (Wildman–Crippen LogP) is 3.48. The molecule has 0 atom stereocenters. The van der Waals surface area contributed by atoms with Crippen LogP contribution in [-0.2, 0) is 11.2 Å². The molecule has 3 rings (SSSR count). The highest BCUT2D eigenvalue weighted by molar-refractivity contribution is 7.15. The molecule has 0 bridgehead atoms. The Hall–Kier alpha value is -2.34. The molecule has 1 aromatic carbocycles. The highest BCUT2D eigenvalue weighted by Crippen LogP contribution is 2.26. The number of fused-ring (bicyclic) bond motifs is 1. The maximum atomic E-state index is 12.4. The van der Waals surface area contributed by atoms with Crippen LogP contribution >= 0.6 is 11.3 Å². The molecule has 0 saturated carbocycles. The first-order chi connectivity index (χ1) is 11.7. The average Bonchev–Trinajstić information content (AvgIpc) is 3.18. The lowest BCUT2D eigenvalue weighted by Gasteiger charge is -2.18. The van der Waals surface area contributed by atoms with E-state index in [2.05, 4.69) is 4.98 Å². The van der Waals surface area contributed by atoms with Gasteiger partial charge in [-0.2, -0.15) is 0 Å². The minimum atomic E-state index is 0.149. The number of thiazole rings is 1. The number of hydrogen-bond acceptors (Lipinski definition) is 4. The van der Waals surface area contributed by atoms with Gasteiger partial charge in [0.25, 0.3) is 0 Å². The highest BCUT2D eigenvalue weighted by Gasteiger charge is 2.15. The second kappa shape index (κ2) is 7.05. The van der Waals surface area contributed by atoms with E-state index in [1.165, 1.54) is 0 Å². The summed E-state index contributed by atoms with van der Waals surface area (Å²) in [5.74, 6) is 0.956. The van der Waals surface area contributed by atoms with E-state index in [1.807, 2.05) is 59.0 Å². The third-order valence-corrected chi connectivity index (χ3v) is 4.99. The number of carbonyl (C=O) groups is 1. The average molecular weight is 343 g/mol. The van der Waals surface area contributed by atoms with Crippen molar-refractivity contribution in [2.24, 2.45) is 0 Å². The smallest absolute Gasteiger partial charge is 0.228 e. The Balaban J connectivity index is 1.90. The Morgan fingerprint density at radius 3 is 2.83 bits per heavy atom. The molecule has 2 aromatic heterocycles. The molecule has 0 aliphatic carbocycles. The Bertz CT molecular complexity index is 849. The Morgan fingerprint density at radius 1 is 1.33 bits per heavy atom. The summed E-state index contributed by atoms with van der Waals surface area (Å²) in [5, 5.41) is 2.01. The van der Waals surface area contributed by atoms with E-state index in [0.717, 1.165) is 40.8 Å². The van der Waals surface area contributed by atoms with Crippen molar-refractivity contribution in [1.29, 1.82) is 0 Å². The first kappa shape index (κ1) is 16.5. The molecular weight excluding hydrogens is 322 g/mol. The first-order valence-corrected chi connectivity index (χ1v) is 8.91. The van der Waals surface area contributed by atoms with Gasteiger partial charge >= 0.3 is 0 Å². The van der Waals surface area contributed by atoms with E-state index in [4.69, 9.17) is 4.74 Å². The number of aromatic nitrogens is 2. The molecule has 1 amide bonds. The number of nitrogens with zero attached hydrogens (tertiary/aromatic N) is 3. The molecule has 0 radical (unpaired) electrons. The molecule has 0 aliphatic heterocycles. The summed E-state index contributed by atoms with van der Waals surface area (Å²) in [6.45, 7) is 5.48. The largest absolute Gasteiger partial charge is 0.497 e. The fourth-order valence-corrected chi connectivity index (χ4v) is 3.59. The van der Waals surface area contributed by atoms with Crippen molar-refractivity contribution < 1.29 is 9.53 Å². The molecule has 3 aromatic rings. The van der Waals surface area contributed by atoms with Crippen molar-refractivity contribution >= 4 is 22.2 Å². The summed E-state index contributed by atoms with van der Waals surface area (Å²) in [4.78, 5) is 19.8. The molecule has 126 valence electrons. The normalized spacial score (nSPS) is 11.0. The van der Waals surface area contributed by atoms with Gasteiger partial charge in [-0.25, -0.2) is 4.98 Å². The van der Waals surface area contributed by atoms with Crippen molar-refractivity contribution in [3.05, 3.63) is 41.5 Å². The summed E-state index contributed by atoms with van der Waals surface area (Å²) < 4.78 is 7.29. The van der Waals surface area contributed by atoms with Crippen molar-refractivity contribution in [3.63, 3.8) is 0 Å². The van der Waals surface area contributed by atoms with Gasteiger partial charge in [0, 0.05) is 35.9 Å². The fourth-order valence-electron chi connectivity index (χ4n) is 2.72. The zero-order valence-electron chi connectivity index (χ0n) is 14.2. The molecular formula is C18H21N3O2S. The number of hydrogen-bond donors (Lipinski definition) is 0. The summed E-state index contributed by atoms with van der Waals surface area (Å²) in [7, 11) is 1.65. The van der Waals surface area contributed by atoms with Gasteiger partial charge in [-0.05, 0) is 26.0 Å². The van der Waals surface area contributed by atoms with E-state index < -0.39 is 0 Å². The summed E-state index contributed by atoms with van der Waals surface area (Å²) in [6.07, 6.45) is 2.39. The van der Waals surface area contributed by atoms with Crippen molar-refractivity contribution in [2.75, 3.05) is 20.2 Å². The van der Waals surface area contributed by atoms with Crippen molar-refractivity contribution in [3.8, 4) is 17.0 Å². The predicted molar refractivity (Wildman–Crippen MR) is 96.7 cm³/mol. The molecule has 5 nitrogen and oxygen atoms in total. The van der Waals surface area contributed by atoms with E-state index in [0.29, 0.717) is 6.42 Å². The topological polar surface area (TPSA) is 46.8 Å². The molecule has 24 heavy (non-hydrogen) atoms. The molecule has 0 aliphatic rings. The lowest BCUT2D eigenvalue weighted by molar-refractivity contribution is -0.130. The van der Waals surface area contributed by atoms with Gasteiger partial charge < -0.3 is 9.64 Å². The van der Waals surface area contributed by atoms with E-state index in [9.17, 15) is 4.79 Å². The van der Waals surface area contributed by atoms with Gasteiger partial charge in [0.15, 0.2) is 4.96 Å². The number of imidazole rings is 1. The maximum Gasteiger partial charge on any atom is 0.228 e. The Labute approximate surface area is 145 Å². The van der Waals surface area contributed by atoms with Crippen LogP contribution in [-0.4, -0.2) is 40.4 Å². The van der Waals surface area contributed by atoms with Gasteiger partial charge in [-0.1, -0.05) is 12.1 Å². The van der Waals surface area contributed by atoms with E-state index in [1.54, 1.807) is 18.4 Å². The molecule has 0 N–H and O–H groups in total. The lowest BCUT2D eigenvalue weighted by Crippen LogP contribution is -2.32. The van der Waals surface area contributed by atoms with Crippen molar-refractivity contribution in [2.45, 2.75) is 20.3 Å². The highest BCUT2D eigenvalue weighted by atomic mass is 32.1. The number of carbonyl (C=O) groups excluding carboxylic acids is 1. The standard InChI is InChI=1S/C18H21N3O2S/c1-4-20(5-2)17(22)10-14-12-24-18-19-16(11-21(14)18)13-7-6-8-15(9-13)23-3/h6-9,11-12H,4-5,10H2,1-3H3. The van der Waals surface area contributed by atoms with Crippen LogP contribution in [0.25, 0.3) is 16.2 Å². The lowest BCUT2D eigenvalue weighted by atomic mass is 10.1. The quantitative estimate of drug-likeness (QED) is 0.688. The molecule has 2 heterocycles. The third kappa shape index (κ3) is 3.14. The van der Waals surface area contributed by atoms with Crippen LogP contribution in [0.3, 0.4) is 0 Å². The summed E-state index contributed by atoms with van der Waals surface area (Å²) in [5.41, 5.74) is 2.87. The van der Waals surface area contributed by atoms with Gasteiger partial charge in [-0.15, -0.1) is 11.3 Å². The zero-order valence-corrected chi connectivity index (χ0v) is 15.0. The zero-order chi connectivity index (χ0) is 17.1. The fraction of sp³-hybridized carbons (Fsp3) is 0.333. The number of ether oxygens (including phenoxy) is 1. The second-order valence-corrected chi connectivity index (χ2v) is 6.32. The van der Waals surface area contributed by atoms with Gasteiger partial charge in [0.05, 0.1) is 19.2 Å². The molecule has 0 spiro atoms. The minimum Gasteiger partial charge on any atom is -0.497 e. The van der Waals surface area contributed by atoms with Crippen LogP contribution in [0.5, 0.6) is 5.75 Å². The summed E-state index contributed by atoms with van der Waals surface area (Å²) >= 11 is 1.56. The number of methoxy groups -OCH3 is 1. The number of rotatable bonds is 6. The number of amides is 1. The van der Waals surface area contributed by atoms with Crippen LogP contribution in [0.1, 0.15) is 19.5 Å². The van der Waals surface area contributed by atoms with Crippen molar-refractivity contribution in [1.82, 2.24) is 14.3 Å². The molecule has 0 fully saturated rings. The van der Waals surface area contributed by atoms with Gasteiger partial charge in [-0.3, -0.25) is 9.20 Å². The molecule has 0 unspecified atom stereocenters. The third-order valence-electron chi connectivity index (χ3n) is 4.10. The SMILES string of the molecule is CCN(CC)C(=O)Cc1csc2nc(-c3cccc(OC)c3)cn12. The Morgan fingerprint density at radius 2 is 2.12 bits per heavy atom. The Kier molecular flexibility index (Phi) is 4.85. The van der Waals surface area contributed by atoms with Gasteiger partial charge in [0.2, 0.25) is 5.91 Å². The summed E-state index contributed by atoms with van der Waals surface area (Å²) in [6, 6.07) is 7.84. The van der Waals surface area contributed by atoms with E-state index >= 15 is 0 Å². The van der Waals surface area contributed by atoms with Crippen LogP contribution < -0.4 is 4.74 Å². The first-order valence-electron chi connectivity index (χ1n) is 8.04. The molecule has 0 saturated heterocycles.